The standard InChI is InChI=1S/C16H19N3O3S/c1-2-13-19-11-4-3-10(9-12(11)23-13)18-14(20)16(15(21)22)5-7-17-8-6-16/h3-4,9,17H,2,5-8H2,1H3,(H,18,20)(H,21,22). The summed E-state index contributed by atoms with van der Waals surface area (Å²) in [6.07, 6.45) is 1.48. The van der Waals surface area contributed by atoms with Crippen molar-refractivity contribution < 1.29 is 14.7 Å². The molecule has 1 amide bonds. The van der Waals surface area contributed by atoms with E-state index >= 15 is 0 Å². The number of hydrogen-bond donors (Lipinski definition) is 3. The topological polar surface area (TPSA) is 91.3 Å². The Hall–Kier alpha value is -1.99. The van der Waals surface area contributed by atoms with Crippen molar-refractivity contribution in [1.29, 1.82) is 0 Å². The molecule has 122 valence electrons. The minimum absolute atomic E-state index is 0.303. The van der Waals surface area contributed by atoms with Crippen LogP contribution in [0.25, 0.3) is 10.2 Å². The summed E-state index contributed by atoms with van der Waals surface area (Å²) in [4.78, 5) is 28.7. The van der Waals surface area contributed by atoms with Gasteiger partial charge in [-0.15, -0.1) is 11.3 Å². The lowest BCUT2D eigenvalue weighted by molar-refractivity contribution is -0.155. The highest BCUT2D eigenvalue weighted by Crippen LogP contribution is 2.32. The predicted molar refractivity (Wildman–Crippen MR) is 89.8 cm³/mol. The van der Waals surface area contributed by atoms with Crippen LogP contribution in [-0.2, 0) is 16.0 Å². The van der Waals surface area contributed by atoms with Gasteiger partial charge in [-0.25, -0.2) is 4.98 Å². The third-order valence-electron chi connectivity index (χ3n) is 4.29. The van der Waals surface area contributed by atoms with Gasteiger partial charge in [0.25, 0.3) is 0 Å². The summed E-state index contributed by atoms with van der Waals surface area (Å²) < 4.78 is 0.995. The average Bonchev–Trinajstić information content (AvgIpc) is 2.97. The Bertz CT molecular complexity index is 750. The molecule has 2 aromatic rings. The number of anilines is 1. The number of carbonyl (C=O) groups is 2. The zero-order valence-corrected chi connectivity index (χ0v) is 13.7. The van der Waals surface area contributed by atoms with Gasteiger partial charge < -0.3 is 15.7 Å². The van der Waals surface area contributed by atoms with Crippen LogP contribution in [0.2, 0.25) is 0 Å². The van der Waals surface area contributed by atoms with Crippen molar-refractivity contribution in [3.05, 3.63) is 23.2 Å². The van der Waals surface area contributed by atoms with Gasteiger partial charge in [-0.2, -0.15) is 0 Å². The van der Waals surface area contributed by atoms with Crippen LogP contribution < -0.4 is 10.6 Å². The second-order valence-electron chi connectivity index (χ2n) is 5.74. The van der Waals surface area contributed by atoms with Crippen LogP contribution in [-0.4, -0.2) is 35.1 Å². The minimum atomic E-state index is -1.34. The molecule has 3 N–H and O–H groups in total. The summed E-state index contributed by atoms with van der Waals surface area (Å²) in [6.45, 7) is 3.12. The Labute approximate surface area is 137 Å². The molecular weight excluding hydrogens is 314 g/mol. The van der Waals surface area contributed by atoms with Crippen molar-refractivity contribution in [1.82, 2.24) is 10.3 Å². The number of benzene rings is 1. The molecule has 1 aromatic carbocycles. The molecule has 0 radical (unpaired) electrons. The Balaban J connectivity index is 1.85. The molecule has 1 saturated heterocycles. The van der Waals surface area contributed by atoms with Crippen molar-refractivity contribution in [3.8, 4) is 0 Å². The number of aliphatic carboxylic acids is 1. The molecule has 6 nitrogen and oxygen atoms in total. The van der Waals surface area contributed by atoms with Gasteiger partial charge in [-0.3, -0.25) is 9.59 Å². The lowest BCUT2D eigenvalue weighted by atomic mass is 9.78. The Morgan fingerprint density at radius 3 is 2.78 bits per heavy atom. The van der Waals surface area contributed by atoms with Gasteiger partial charge >= 0.3 is 5.97 Å². The highest BCUT2D eigenvalue weighted by atomic mass is 32.1. The average molecular weight is 333 g/mol. The third kappa shape index (κ3) is 2.94. The number of nitrogens with zero attached hydrogens (tertiary/aromatic N) is 1. The van der Waals surface area contributed by atoms with E-state index < -0.39 is 17.3 Å². The molecule has 1 aliphatic rings. The van der Waals surface area contributed by atoms with E-state index in [1.807, 2.05) is 19.1 Å². The maximum absolute atomic E-state index is 12.6. The maximum atomic E-state index is 12.6. The van der Waals surface area contributed by atoms with Crippen LogP contribution in [0.15, 0.2) is 18.2 Å². The number of hydrogen-bond acceptors (Lipinski definition) is 5. The summed E-state index contributed by atoms with van der Waals surface area (Å²) >= 11 is 1.59. The van der Waals surface area contributed by atoms with E-state index in [1.54, 1.807) is 17.4 Å². The maximum Gasteiger partial charge on any atom is 0.319 e. The van der Waals surface area contributed by atoms with Crippen LogP contribution in [0.1, 0.15) is 24.8 Å². The molecule has 0 atom stereocenters. The number of aryl methyl sites for hydroxylation is 1. The minimum Gasteiger partial charge on any atom is -0.480 e. The van der Waals surface area contributed by atoms with Gasteiger partial charge in [-0.1, -0.05) is 6.92 Å². The van der Waals surface area contributed by atoms with Gasteiger partial charge in [0.2, 0.25) is 5.91 Å². The van der Waals surface area contributed by atoms with E-state index in [4.69, 9.17) is 0 Å². The van der Waals surface area contributed by atoms with E-state index in [0.29, 0.717) is 31.6 Å². The molecule has 1 fully saturated rings. The van der Waals surface area contributed by atoms with Crippen LogP contribution in [0, 0.1) is 5.41 Å². The normalized spacial score (nSPS) is 17.1. The first-order valence-electron chi connectivity index (χ1n) is 7.70. The fourth-order valence-electron chi connectivity index (χ4n) is 2.84. The molecule has 2 heterocycles. The predicted octanol–water partition coefficient (Wildman–Crippen LogP) is 2.25. The van der Waals surface area contributed by atoms with Gasteiger partial charge in [0.1, 0.15) is 5.41 Å². The molecule has 1 aromatic heterocycles. The van der Waals surface area contributed by atoms with Crippen molar-refractivity contribution in [2.45, 2.75) is 26.2 Å². The van der Waals surface area contributed by atoms with Crippen molar-refractivity contribution in [2.24, 2.45) is 5.41 Å². The second-order valence-corrected chi connectivity index (χ2v) is 6.85. The van der Waals surface area contributed by atoms with Crippen LogP contribution in [0.5, 0.6) is 0 Å². The molecule has 7 heteroatoms. The fourth-order valence-corrected chi connectivity index (χ4v) is 3.79. The number of carbonyl (C=O) groups excluding carboxylic acids is 1. The van der Waals surface area contributed by atoms with Crippen LogP contribution in [0.3, 0.4) is 0 Å². The molecular formula is C16H19N3O3S. The number of carboxylic acids is 1. The number of thiazole rings is 1. The highest BCUT2D eigenvalue weighted by molar-refractivity contribution is 7.18. The van der Waals surface area contributed by atoms with Crippen molar-refractivity contribution in [2.75, 3.05) is 18.4 Å². The lowest BCUT2D eigenvalue weighted by Crippen LogP contribution is -2.50. The number of fused-ring (bicyclic) bond motifs is 1. The van der Waals surface area contributed by atoms with Gasteiger partial charge in [0.05, 0.1) is 15.2 Å². The van der Waals surface area contributed by atoms with Crippen molar-refractivity contribution in [3.63, 3.8) is 0 Å². The van der Waals surface area contributed by atoms with Gasteiger partial charge in [0, 0.05) is 5.69 Å². The monoisotopic (exact) mass is 333 g/mol. The molecule has 3 rings (SSSR count). The van der Waals surface area contributed by atoms with Crippen LogP contribution in [0.4, 0.5) is 5.69 Å². The number of aromatic nitrogens is 1. The SMILES string of the molecule is CCc1nc2ccc(NC(=O)C3(C(=O)O)CCNCC3)cc2s1. The molecule has 1 aliphatic heterocycles. The highest BCUT2D eigenvalue weighted by Gasteiger charge is 2.46. The summed E-state index contributed by atoms with van der Waals surface area (Å²) in [5.41, 5.74) is 0.176. The van der Waals surface area contributed by atoms with Crippen molar-refractivity contribution >= 4 is 39.1 Å². The number of carboxylic acid groups (broad SMARTS) is 1. The molecule has 0 spiro atoms. The Kier molecular flexibility index (Phi) is 4.32. The Morgan fingerprint density at radius 2 is 2.13 bits per heavy atom. The number of piperidine rings is 1. The number of amides is 1. The first kappa shape index (κ1) is 15.9. The Morgan fingerprint density at radius 1 is 1.39 bits per heavy atom. The third-order valence-corrected chi connectivity index (χ3v) is 5.46. The van der Waals surface area contributed by atoms with E-state index in [1.165, 1.54) is 0 Å². The first-order chi connectivity index (χ1) is 11.0. The summed E-state index contributed by atoms with van der Waals surface area (Å²) in [5.74, 6) is -1.49. The molecule has 0 unspecified atom stereocenters. The largest absolute Gasteiger partial charge is 0.480 e. The lowest BCUT2D eigenvalue weighted by Gasteiger charge is -2.32. The molecule has 23 heavy (non-hydrogen) atoms. The summed E-state index contributed by atoms with van der Waals surface area (Å²) in [6, 6.07) is 5.49. The zero-order chi connectivity index (χ0) is 16.4. The van der Waals surface area contributed by atoms with Crippen LogP contribution >= 0.6 is 11.3 Å². The molecule has 0 saturated carbocycles. The van der Waals surface area contributed by atoms with E-state index in [0.717, 1.165) is 21.6 Å². The summed E-state index contributed by atoms with van der Waals surface area (Å²) in [5, 5.41) is 16.5. The molecule has 0 aliphatic carbocycles. The number of rotatable bonds is 4. The summed E-state index contributed by atoms with van der Waals surface area (Å²) in [7, 11) is 0. The van der Waals surface area contributed by atoms with Gasteiger partial charge in [0.15, 0.2) is 0 Å². The van der Waals surface area contributed by atoms with E-state index in [-0.39, 0.29) is 0 Å². The second kappa shape index (κ2) is 6.25. The van der Waals surface area contributed by atoms with E-state index in [9.17, 15) is 14.7 Å². The first-order valence-corrected chi connectivity index (χ1v) is 8.52. The fraction of sp³-hybridized carbons (Fsp3) is 0.438. The van der Waals surface area contributed by atoms with E-state index in [2.05, 4.69) is 15.6 Å². The van der Waals surface area contributed by atoms with Gasteiger partial charge in [-0.05, 0) is 50.6 Å². The zero-order valence-electron chi connectivity index (χ0n) is 12.9. The number of nitrogens with one attached hydrogen (secondary N) is 2. The molecule has 0 bridgehead atoms. The smallest absolute Gasteiger partial charge is 0.319 e. The quantitative estimate of drug-likeness (QED) is 0.747.